The van der Waals surface area contributed by atoms with E-state index in [1.165, 1.54) is 0 Å². The molecule has 0 saturated heterocycles. The summed E-state index contributed by atoms with van der Waals surface area (Å²) in [5.74, 6) is 2.63. The first-order chi connectivity index (χ1) is 9.69. The number of para-hydroxylation sites is 1. The van der Waals surface area contributed by atoms with Gasteiger partial charge < -0.3 is 10.4 Å². The molecule has 2 N–H and O–H groups in total. The number of phenols is 1. The second kappa shape index (κ2) is 6.44. The first-order valence-electron chi connectivity index (χ1n) is 6.32. The van der Waals surface area contributed by atoms with Crippen molar-refractivity contribution in [2.45, 2.75) is 12.8 Å². The van der Waals surface area contributed by atoms with E-state index in [1.807, 2.05) is 12.1 Å². The number of aromatic hydroxyl groups is 1. The Kier molecular flexibility index (Phi) is 4.41. The number of nitrogens with one attached hydrogen (secondary N) is 1. The number of phenolic OH excluding ortho intramolecular Hbond substituents is 1. The molecule has 0 unspecified atom stereocenters. The average Bonchev–Trinajstić information content (AvgIpc) is 2.46. The van der Waals surface area contributed by atoms with Gasteiger partial charge >= 0.3 is 0 Å². The summed E-state index contributed by atoms with van der Waals surface area (Å²) in [7, 11) is 0. The Morgan fingerprint density at radius 3 is 2.75 bits per heavy atom. The van der Waals surface area contributed by atoms with Gasteiger partial charge in [0.1, 0.15) is 5.75 Å². The van der Waals surface area contributed by atoms with Gasteiger partial charge in [-0.2, -0.15) is 0 Å². The summed E-state index contributed by atoms with van der Waals surface area (Å²) in [5, 5.41) is 12.4. The van der Waals surface area contributed by atoms with E-state index in [9.17, 15) is 9.90 Å². The lowest BCUT2D eigenvalue weighted by molar-refractivity contribution is -0.116. The highest BCUT2D eigenvalue weighted by atomic mass is 16.3. The minimum absolute atomic E-state index is 0.109. The Bertz CT molecular complexity index is 656. The molecule has 100 valence electrons. The molecule has 0 bridgehead atoms. The number of hydrogen-bond donors (Lipinski definition) is 2. The van der Waals surface area contributed by atoms with Gasteiger partial charge in [-0.15, -0.1) is 6.42 Å². The average molecular weight is 265 g/mol. The highest BCUT2D eigenvalue weighted by Crippen LogP contribution is 2.17. The zero-order chi connectivity index (χ0) is 14.4. The lowest BCUT2D eigenvalue weighted by Gasteiger charge is -2.06. The third-order valence-corrected chi connectivity index (χ3v) is 2.93. The number of carbonyl (C=O) groups excluding carboxylic acids is 1. The molecule has 2 aromatic rings. The summed E-state index contributed by atoms with van der Waals surface area (Å²) in [4.78, 5) is 11.9. The molecule has 0 aliphatic heterocycles. The maximum Gasteiger partial charge on any atom is 0.224 e. The molecule has 1 amide bonds. The molecule has 0 atom stereocenters. The summed E-state index contributed by atoms with van der Waals surface area (Å²) < 4.78 is 0. The lowest BCUT2D eigenvalue weighted by atomic mass is 10.1. The van der Waals surface area contributed by atoms with Crippen LogP contribution in [0, 0.1) is 12.3 Å². The molecule has 3 heteroatoms. The zero-order valence-electron chi connectivity index (χ0n) is 11.0. The van der Waals surface area contributed by atoms with Crippen LogP contribution in [0.2, 0.25) is 0 Å². The Labute approximate surface area is 118 Å². The zero-order valence-corrected chi connectivity index (χ0v) is 11.0. The van der Waals surface area contributed by atoms with Gasteiger partial charge in [-0.25, -0.2) is 0 Å². The molecule has 0 spiro atoms. The van der Waals surface area contributed by atoms with Crippen LogP contribution in [-0.4, -0.2) is 11.0 Å². The molecule has 2 rings (SSSR count). The summed E-state index contributed by atoms with van der Waals surface area (Å²) >= 11 is 0. The number of rotatable bonds is 4. The molecule has 0 fully saturated rings. The maximum atomic E-state index is 11.9. The van der Waals surface area contributed by atoms with Gasteiger partial charge in [0.05, 0.1) is 0 Å². The Morgan fingerprint density at radius 1 is 1.20 bits per heavy atom. The number of carbonyl (C=O) groups is 1. The fourth-order valence-corrected chi connectivity index (χ4v) is 1.88. The van der Waals surface area contributed by atoms with E-state index < -0.39 is 0 Å². The van der Waals surface area contributed by atoms with Crippen LogP contribution < -0.4 is 5.32 Å². The fourth-order valence-electron chi connectivity index (χ4n) is 1.88. The summed E-state index contributed by atoms with van der Waals surface area (Å²) in [5.41, 5.74) is 2.17. The number of aryl methyl sites for hydroxylation is 1. The van der Waals surface area contributed by atoms with Crippen LogP contribution in [0.1, 0.15) is 17.5 Å². The summed E-state index contributed by atoms with van der Waals surface area (Å²) in [6, 6.07) is 14.2. The molecule has 0 heterocycles. The van der Waals surface area contributed by atoms with Crippen molar-refractivity contribution in [1.82, 2.24) is 0 Å². The highest BCUT2D eigenvalue weighted by Gasteiger charge is 2.06. The van der Waals surface area contributed by atoms with Crippen molar-refractivity contribution in [1.29, 1.82) is 0 Å². The molecule has 2 aromatic carbocycles. The van der Waals surface area contributed by atoms with Gasteiger partial charge in [-0.05, 0) is 36.2 Å². The van der Waals surface area contributed by atoms with Gasteiger partial charge in [0, 0.05) is 17.7 Å². The van der Waals surface area contributed by atoms with Gasteiger partial charge in [0.2, 0.25) is 5.91 Å². The van der Waals surface area contributed by atoms with E-state index >= 15 is 0 Å². The Hall–Kier alpha value is -2.73. The normalized spacial score (nSPS) is 9.75. The lowest BCUT2D eigenvalue weighted by Crippen LogP contribution is -2.12. The summed E-state index contributed by atoms with van der Waals surface area (Å²) in [6.45, 7) is 0. The molecule has 20 heavy (non-hydrogen) atoms. The van der Waals surface area contributed by atoms with E-state index in [0.29, 0.717) is 18.5 Å². The van der Waals surface area contributed by atoms with E-state index in [2.05, 4.69) is 11.2 Å². The van der Waals surface area contributed by atoms with Crippen molar-refractivity contribution < 1.29 is 9.90 Å². The Balaban J connectivity index is 1.93. The molecular formula is C17H15NO2. The van der Waals surface area contributed by atoms with Crippen molar-refractivity contribution >= 4 is 11.6 Å². The second-order valence-electron chi connectivity index (χ2n) is 4.40. The quantitative estimate of drug-likeness (QED) is 0.835. The number of benzene rings is 2. The third-order valence-electron chi connectivity index (χ3n) is 2.93. The van der Waals surface area contributed by atoms with E-state index in [1.54, 1.807) is 36.4 Å². The SMILES string of the molecule is C#Cc1cccc(NC(=O)CCc2ccccc2O)c1. The molecular weight excluding hydrogens is 250 g/mol. The maximum absolute atomic E-state index is 11.9. The molecule has 3 nitrogen and oxygen atoms in total. The first kappa shape index (κ1) is 13.7. The highest BCUT2D eigenvalue weighted by molar-refractivity contribution is 5.91. The standard InChI is InChI=1S/C17H15NO2/c1-2-13-6-5-8-15(12-13)18-17(20)11-10-14-7-3-4-9-16(14)19/h1,3-9,12,19H,10-11H2,(H,18,20). The van der Waals surface area contributed by atoms with Crippen LogP contribution in [0.4, 0.5) is 5.69 Å². The van der Waals surface area contributed by atoms with Gasteiger partial charge in [-0.1, -0.05) is 30.2 Å². The third kappa shape index (κ3) is 3.63. The molecule has 0 aliphatic carbocycles. The largest absolute Gasteiger partial charge is 0.508 e. The second-order valence-corrected chi connectivity index (χ2v) is 4.40. The van der Waals surface area contributed by atoms with Crippen LogP contribution in [0.3, 0.4) is 0 Å². The van der Waals surface area contributed by atoms with Crippen molar-refractivity contribution in [2.24, 2.45) is 0 Å². The smallest absolute Gasteiger partial charge is 0.224 e. The molecule has 0 aliphatic rings. The number of anilines is 1. The summed E-state index contributed by atoms with van der Waals surface area (Å²) in [6.07, 6.45) is 6.11. The van der Waals surface area contributed by atoms with E-state index in [-0.39, 0.29) is 11.7 Å². The van der Waals surface area contributed by atoms with E-state index in [4.69, 9.17) is 6.42 Å². The predicted molar refractivity (Wildman–Crippen MR) is 79.4 cm³/mol. The fraction of sp³-hybridized carbons (Fsp3) is 0.118. The monoisotopic (exact) mass is 265 g/mol. The van der Waals surface area contributed by atoms with Crippen molar-refractivity contribution in [2.75, 3.05) is 5.32 Å². The van der Waals surface area contributed by atoms with Crippen LogP contribution in [-0.2, 0) is 11.2 Å². The van der Waals surface area contributed by atoms with Gasteiger partial charge in [0.15, 0.2) is 0 Å². The molecule has 0 radical (unpaired) electrons. The minimum Gasteiger partial charge on any atom is -0.508 e. The van der Waals surface area contributed by atoms with Crippen LogP contribution in [0.5, 0.6) is 5.75 Å². The van der Waals surface area contributed by atoms with Crippen LogP contribution in [0.25, 0.3) is 0 Å². The number of amides is 1. The van der Waals surface area contributed by atoms with Crippen molar-refractivity contribution in [3.05, 3.63) is 59.7 Å². The van der Waals surface area contributed by atoms with Crippen molar-refractivity contribution in [3.8, 4) is 18.1 Å². The Morgan fingerprint density at radius 2 is 2.00 bits per heavy atom. The number of terminal acetylenes is 1. The number of hydrogen-bond acceptors (Lipinski definition) is 2. The minimum atomic E-state index is -0.109. The molecule has 0 saturated carbocycles. The van der Waals surface area contributed by atoms with Crippen LogP contribution in [0.15, 0.2) is 48.5 Å². The topological polar surface area (TPSA) is 49.3 Å². The van der Waals surface area contributed by atoms with Crippen molar-refractivity contribution in [3.63, 3.8) is 0 Å². The van der Waals surface area contributed by atoms with E-state index in [0.717, 1.165) is 11.1 Å². The predicted octanol–water partition coefficient (Wildman–Crippen LogP) is 2.94. The van der Waals surface area contributed by atoms with Gasteiger partial charge in [0.25, 0.3) is 0 Å². The first-order valence-corrected chi connectivity index (χ1v) is 6.32. The van der Waals surface area contributed by atoms with Gasteiger partial charge in [-0.3, -0.25) is 4.79 Å². The molecule has 0 aromatic heterocycles. The van der Waals surface area contributed by atoms with Crippen LogP contribution >= 0.6 is 0 Å².